The Labute approximate surface area is 174 Å². The summed E-state index contributed by atoms with van der Waals surface area (Å²) < 4.78 is 6.07. The number of carbonyl (C=O) groups is 2. The number of amides is 1. The topological polar surface area (TPSA) is 95.9 Å². The van der Waals surface area contributed by atoms with Crippen LogP contribution in [0.3, 0.4) is 0 Å². The number of fused-ring (bicyclic) bond motifs is 1. The second kappa shape index (κ2) is 9.80. The summed E-state index contributed by atoms with van der Waals surface area (Å²) in [6.45, 7) is 8.02. The van der Waals surface area contributed by atoms with E-state index in [2.05, 4.69) is 14.9 Å². The Hall–Kier alpha value is -2.52. The Morgan fingerprint density at radius 2 is 2.10 bits per heavy atom. The average molecular weight is 419 g/mol. The minimum absolute atomic E-state index is 0.124. The van der Waals surface area contributed by atoms with E-state index in [1.807, 2.05) is 35.6 Å². The van der Waals surface area contributed by atoms with Gasteiger partial charge in [0.05, 0.1) is 5.56 Å². The molecule has 156 valence electrons. The van der Waals surface area contributed by atoms with Crippen molar-refractivity contribution in [2.75, 3.05) is 32.7 Å². The zero-order valence-corrected chi connectivity index (χ0v) is 17.5. The first-order valence-corrected chi connectivity index (χ1v) is 10.6. The molecule has 8 nitrogen and oxygen atoms in total. The Morgan fingerprint density at radius 3 is 2.83 bits per heavy atom. The molecule has 2 aromatic heterocycles. The molecule has 4 heterocycles. The molecule has 2 aromatic rings. The minimum atomic E-state index is -0.250. The average Bonchev–Trinajstić information content (AvgIpc) is 3.28. The largest absolute Gasteiger partial charge is 0.483 e. The van der Waals surface area contributed by atoms with E-state index in [-0.39, 0.29) is 18.5 Å². The van der Waals surface area contributed by atoms with Crippen LogP contribution in [0.25, 0.3) is 0 Å². The number of aromatic nitrogens is 2. The van der Waals surface area contributed by atoms with Gasteiger partial charge in [-0.15, -0.1) is 0 Å². The van der Waals surface area contributed by atoms with Crippen LogP contribution in [-0.2, 0) is 11.2 Å². The monoisotopic (exact) mass is 418 g/mol. The van der Waals surface area contributed by atoms with Crippen LogP contribution in [0, 0.1) is 13.8 Å². The molecule has 0 bridgehead atoms. The van der Waals surface area contributed by atoms with Gasteiger partial charge in [-0.3, -0.25) is 14.5 Å². The quantitative estimate of drug-likeness (QED) is 0.762. The second-order valence-corrected chi connectivity index (χ2v) is 7.93. The third-order valence-corrected chi connectivity index (χ3v) is 5.79. The summed E-state index contributed by atoms with van der Waals surface area (Å²) in [5.74, 6) is 1.67. The SMILES string of the molecule is Cc1nc(C)c2c(n1)OC(CN1CCCN(C(=O)c3ccsc3)CC1)C2.O=CO. The summed E-state index contributed by atoms with van der Waals surface area (Å²) in [4.78, 5) is 34.2. The van der Waals surface area contributed by atoms with Gasteiger partial charge in [0.1, 0.15) is 11.9 Å². The van der Waals surface area contributed by atoms with Crippen LogP contribution in [0.5, 0.6) is 5.88 Å². The van der Waals surface area contributed by atoms with E-state index in [0.29, 0.717) is 0 Å². The Morgan fingerprint density at radius 1 is 1.31 bits per heavy atom. The van der Waals surface area contributed by atoms with E-state index < -0.39 is 0 Å². The van der Waals surface area contributed by atoms with E-state index in [1.165, 1.54) is 0 Å². The molecule has 0 spiro atoms. The molecule has 0 aliphatic carbocycles. The predicted molar refractivity (Wildman–Crippen MR) is 110 cm³/mol. The minimum Gasteiger partial charge on any atom is -0.483 e. The fraction of sp³-hybridized carbons (Fsp3) is 0.500. The van der Waals surface area contributed by atoms with Crippen molar-refractivity contribution < 1.29 is 19.4 Å². The van der Waals surface area contributed by atoms with Crippen molar-refractivity contribution >= 4 is 23.7 Å². The molecule has 1 saturated heterocycles. The third-order valence-electron chi connectivity index (χ3n) is 5.10. The highest BCUT2D eigenvalue weighted by Crippen LogP contribution is 2.29. The maximum absolute atomic E-state index is 12.6. The van der Waals surface area contributed by atoms with Gasteiger partial charge in [-0.2, -0.15) is 16.3 Å². The maximum Gasteiger partial charge on any atom is 0.290 e. The van der Waals surface area contributed by atoms with Gasteiger partial charge in [-0.05, 0) is 31.7 Å². The van der Waals surface area contributed by atoms with Crippen LogP contribution in [-0.4, -0.2) is 76.1 Å². The van der Waals surface area contributed by atoms with Gasteiger partial charge in [0, 0.05) is 55.8 Å². The van der Waals surface area contributed by atoms with Gasteiger partial charge in [-0.25, -0.2) is 4.98 Å². The molecular weight excluding hydrogens is 392 g/mol. The smallest absolute Gasteiger partial charge is 0.290 e. The number of carbonyl (C=O) groups excluding carboxylic acids is 1. The lowest BCUT2D eigenvalue weighted by Crippen LogP contribution is -2.38. The number of rotatable bonds is 3. The second-order valence-electron chi connectivity index (χ2n) is 7.15. The van der Waals surface area contributed by atoms with Crippen LogP contribution in [0.15, 0.2) is 16.8 Å². The molecular formula is C20H26N4O4S. The fourth-order valence-corrected chi connectivity index (χ4v) is 4.41. The normalized spacial score (nSPS) is 18.8. The maximum atomic E-state index is 12.6. The molecule has 2 aliphatic heterocycles. The highest BCUT2D eigenvalue weighted by Gasteiger charge is 2.29. The fourth-order valence-electron chi connectivity index (χ4n) is 3.78. The van der Waals surface area contributed by atoms with Crippen molar-refractivity contribution in [3.63, 3.8) is 0 Å². The van der Waals surface area contributed by atoms with E-state index in [9.17, 15) is 4.79 Å². The first-order valence-electron chi connectivity index (χ1n) is 9.64. The number of aryl methyl sites for hydroxylation is 2. The number of nitrogens with zero attached hydrogens (tertiary/aromatic N) is 4. The van der Waals surface area contributed by atoms with Crippen molar-refractivity contribution in [3.8, 4) is 5.88 Å². The van der Waals surface area contributed by atoms with Crippen molar-refractivity contribution in [2.24, 2.45) is 0 Å². The molecule has 9 heteroatoms. The molecule has 0 saturated carbocycles. The van der Waals surface area contributed by atoms with Crippen LogP contribution < -0.4 is 4.74 Å². The predicted octanol–water partition coefficient (Wildman–Crippen LogP) is 2.01. The molecule has 1 atom stereocenters. The number of carboxylic acid groups (broad SMARTS) is 1. The summed E-state index contributed by atoms with van der Waals surface area (Å²) >= 11 is 1.57. The van der Waals surface area contributed by atoms with Crippen LogP contribution >= 0.6 is 11.3 Å². The highest BCUT2D eigenvalue weighted by molar-refractivity contribution is 7.08. The summed E-state index contributed by atoms with van der Waals surface area (Å²) in [6.07, 6.45) is 1.99. The van der Waals surface area contributed by atoms with Gasteiger partial charge >= 0.3 is 0 Å². The lowest BCUT2D eigenvalue weighted by molar-refractivity contribution is -0.122. The summed E-state index contributed by atoms with van der Waals surface area (Å²) in [5.41, 5.74) is 2.98. The van der Waals surface area contributed by atoms with Crippen molar-refractivity contribution in [1.82, 2.24) is 19.8 Å². The van der Waals surface area contributed by atoms with Crippen molar-refractivity contribution in [1.29, 1.82) is 0 Å². The Balaban J connectivity index is 0.000000755. The number of ether oxygens (including phenoxy) is 1. The standard InChI is InChI=1S/C19H24N4O2S.CH2O2/c1-13-17-10-16(25-18(17)21-14(2)20-13)11-22-5-3-6-23(8-7-22)19(24)15-4-9-26-12-15;2-1-3/h4,9,12,16H,3,5-8,10-11H2,1-2H3;1H,(H,2,3). The lowest BCUT2D eigenvalue weighted by atomic mass is 10.1. The Kier molecular flexibility index (Phi) is 7.16. The van der Waals surface area contributed by atoms with Crippen LogP contribution in [0.1, 0.15) is 33.9 Å². The van der Waals surface area contributed by atoms with E-state index in [0.717, 1.165) is 74.1 Å². The van der Waals surface area contributed by atoms with Gasteiger partial charge in [0.25, 0.3) is 12.4 Å². The molecule has 2 aliphatic rings. The zero-order chi connectivity index (χ0) is 20.8. The van der Waals surface area contributed by atoms with Crippen LogP contribution in [0.4, 0.5) is 0 Å². The number of hydrogen-bond donors (Lipinski definition) is 1. The molecule has 0 aromatic carbocycles. The molecule has 1 amide bonds. The van der Waals surface area contributed by atoms with E-state index in [1.54, 1.807) is 11.3 Å². The molecule has 1 unspecified atom stereocenters. The Bertz CT molecular complexity index is 843. The first-order chi connectivity index (χ1) is 14.0. The van der Waals surface area contributed by atoms with Gasteiger partial charge in [0.2, 0.25) is 5.88 Å². The van der Waals surface area contributed by atoms with E-state index in [4.69, 9.17) is 14.6 Å². The highest BCUT2D eigenvalue weighted by atomic mass is 32.1. The number of thiophene rings is 1. The zero-order valence-electron chi connectivity index (χ0n) is 16.7. The van der Waals surface area contributed by atoms with E-state index >= 15 is 0 Å². The molecule has 29 heavy (non-hydrogen) atoms. The van der Waals surface area contributed by atoms with Gasteiger partial charge < -0.3 is 14.7 Å². The summed E-state index contributed by atoms with van der Waals surface area (Å²) in [5, 5.41) is 10.8. The van der Waals surface area contributed by atoms with Gasteiger partial charge in [0.15, 0.2) is 0 Å². The number of hydrogen-bond acceptors (Lipinski definition) is 7. The third kappa shape index (κ3) is 5.30. The van der Waals surface area contributed by atoms with Gasteiger partial charge in [-0.1, -0.05) is 0 Å². The molecule has 1 fully saturated rings. The van der Waals surface area contributed by atoms with Crippen molar-refractivity contribution in [3.05, 3.63) is 39.5 Å². The summed E-state index contributed by atoms with van der Waals surface area (Å²) in [7, 11) is 0. The lowest BCUT2D eigenvalue weighted by Gasteiger charge is -2.24. The molecule has 1 N–H and O–H groups in total. The van der Waals surface area contributed by atoms with Crippen molar-refractivity contribution in [2.45, 2.75) is 32.8 Å². The van der Waals surface area contributed by atoms with Crippen LogP contribution in [0.2, 0.25) is 0 Å². The molecule has 0 radical (unpaired) electrons. The first kappa shape index (κ1) is 21.2. The summed E-state index contributed by atoms with van der Waals surface area (Å²) in [6, 6.07) is 1.91. The molecule has 4 rings (SSSR count).